The Balaban J connectivity index is 1.58. The number of hydrogen-bond acceptors (Lipinski definition) is 5. The zero-order valence-corrected chi connectivity index (χ0v) is 13.4. The lowest BCUT2D eigenvalue weighted by Crippen LogP contribution is -2.50. The van der Waals surface area contributed by atoms with Crippen LogP contribution in [-0.4, -0.2) is 62.1 Å². The third kappa shape index (κ3) is 6.25. The van der Waals surface area contributed by atoms with Crippen LogP contribution >= 0.6 is 0 Å². The molecule has 2 rings (SSSR count). The first kappa shape index (κ1) is 17.7. The van der Waals surface area contributed by atoms with E-state index in [2.05, 4.69) is 16.0 Å². The number of carbonyl (C=O) groups excluding carboxylic acids is 3. The average molecular weight is 334 g/mol. The van der Waals surface area contributed by atoms with E-state index in [1.54, 1.807) is 4.90 Å². The summed E-state index contributed by atoms with van der Waals surface area (Å²) in [5, 5.41) is 7.98. The molecule has 1 heterocycles. The van der Waals surface area contributed by atoms with Gasteiger partial charge >= 0.3 is 6.09 Å². The highest BCUT2D eigenvalue weighted by atomic mass is 16.5. The Morgan fingerprint density at radius 1 is 1.04 bits per heavy atom. The summed E-state index contributed by atoms with van der Waals surface area (Å²) < 4.78 is 4.99. The molecule has 0 aromatic heterocycles. The van der Waals surface area contributed by atoms with E-state index < -0.39 is 12.0 Å². The van der Waals surface area contributed by atoms with Crippen molar-refractivity contribution in [3.8, 4) is 0 Å². The second kappa shape index (κ2) is 9.51. The molecular weight excluding hydrogens is 312 g/mol. The molecule has 1 saturated heterocycles. The van der Waals surface area contributed by atoms with Crippen molar-refractivity contribution >= 4 is 17.9 Å². The molecule has 0 aliphatic carbocycles. The van der Waals surface area contributed by atoms with Gasteiger partial charge in [0.1, 0.15) is 13.2 Å². The quantitative estimate of drug-likeness (QED) is 0.649. The van der Waals surface area contributed by atoms with Crippen molar-refractivity contribution in [3.63, 3.8) is 0 Å². The van der Waals surface area contributed by atoms with E-state index in [-0.39, 0.29) is 25.6 Å². The number of nitrogens with one attached hydrogen (secondary N) is 3. The Bertz CT molecular complexity index is 558. The van der Waals surface area contributed by atoms with Crippen LogP contribution in [0.1, 0.15) is 5.56 Å². The molecule has 24 heavy (non-hydrogen) atoms. The van der Waals surface area contributed by atoms with Crippen molar-refractivity contribution in [2.75, 3.05) is 39.3 Å². The predicted molar refractivity (Wildman–Crippen MR) is 87.1 cm³/mol. The SMILES string of the molecule is O=C(CNC(=O)OCc1ccccc1)NCC(=O)N1CCNCC1. The van der Waals surface area contributed by atoms with Crippen LogP contribution in [0.5, 0.6) is 0 Å². The first-order valence-electron chi connectivity index (χ1n) is 7.85. The highest BCUT2D eigenvalue weighted by Crippen LogP contribution is 2.00. The molecule has 3 amide bonds. The van der Waals surface area contributed by atoms with Gasteiger partial charge in [0, 0.05) is 26.2 Å². The van der Waals surface area contributed by atoms with Crippen molar-refractivity contribution in [2.24, 2.45) is 0 Å². The zero-order valence-electron chi connectivity index (χ0n) is 13.4. The molecule has 0 radical (unpaired) electrons. The number of alkyl carbamates (subject to hydrolysis) is 1. The molecule has 1 aromatic rings. The first-order valence-corrected chi connectivity index (χ1v) is 7.85. The summed E-state index contributed by atoms with van der Waals surface area (Å²) in [6, 6.07) is 9.23. The molecule has 130 valence electrons. The average Bonchev–Trinajstić information content (AvgIpc) is 2.64. The number of amides is 3. The minimum atomic E-state index is -0.678. The third-order valence-electron chi connectivity index (χ3n) is 3.51. The fourth-order valence-corrected chi connectivity index (χ4v) is 2.19. The topological polar surface area (TPSA) is 99.8 Å². The van der Waals surface area contributed by atoms with E-state index in [9.17, 15) is 14.4 Å². The lowest BCUT2D eigenvalue weighted by molar-refractivity contribution is -0.133. The summed E-state index contributed by atoms with van der Waals surface area (Å²) in [4.78, 5) is 36.7. The molecule has 0 bridgehead atoms. The smallest absolute Gasteiger partial charge is 0.407 e. The third-order valence-corrected chi connectivity index (χ3v) is 3.51. The van der Waals surface area contributed by atoms with E-state index >= 15 is 0 Å². The molecule has 1 aliphatic rings. The first-order chi connectivity index (χ1) is 11.6. The predicted octanol–water partition coefficient (Wildman–Crippen LogP) is -0.539. The van der Waals surface area contributed by atoms with Gasteiger partial charge in [0.05, 0.1) is 6.54 Å². The summed E-state index contributed by atoms with van der Waals surface area (Å²) in [6.45, 7) is 2.62. The van der Waals surface area contributed by atoms with Gasteiger partial charge in [-0.25, -0.2) is 4.79 Å². The standard InChI is InChI=1S/C16H22N4O4/c21-14(18-11-15(22)20-8-6-17-7-9-20)10-19-16(23)24-12-13-4-2-1-3-5-13/h1-5,17H,6-12H2,(H,18,21)(H,19,23). The van der Waals surface area contributed by atoms with Crippen molar-refractivity contribution in [1.29, 1.82) is 0 Å². The number of carbonyl (C=O) groups is 3. The second-order valence-corrected chi connectivity index (χ2v) is 5.32. The number of rotatable bonds is 6. The van der Waals surface area contributed by atoms with Crippen LogP contribution in [0.3, 0.4) is 0 Å². The van der Waals surface area contributed by atoms with Gasteiger partial charge in [0.15, 0.2) is 0 Å². The van der Waals surface area contributed by atoms with Gasteiger partial charge < -0.3 is 25.6 Å². The van der Waals surface area contributed by atoms with Gasteiger partial charge in [-0.3, -0.25) is 9.59 Å². The number of ether oxygens (including phenoxy) is 1. The molecule has 3 N–H and O–H groups in total. The number of hydrogen-bond donors (Lipinski definition) is 3. The van der Waals surface area contributed by atoms with E-state index in [1.807, 2.05) is 30.3 Å². The second-order valence-electron chi connectivity index (χ2n) is 5.32. The van der Waals surface area contributed by atoms with Gasteiger partial charge in [-0.05, 0) is 5.56 Å². The van der Waals surface area contributed by atoms with Crippen LogP contribution in [0.2, 0.25) is 0 Å². The molecule has 8 nitrogen and oxygen atoms in total. The highest BCUT2D eigenvalue weighted by molar-refractivity contribution is 5.87. The highest BCUT2D eigenvalue weighted by Gasteiger charge is 2.16. The molecule has 1 aromatic carbocycles. The van der Waals surface area contributed by atoms with Crippen LogP contribution in [0.15, 0.2) is 30.3 Å². The maximum atomic E-state index is 11.9. The zero-order chi connectivity index (χ0) is 17.2. The molecule has 0 unspecified atom stereocenters. The summed E-state index contributed by atoms with van der Waals surface area (Å²) in [7, 11) is 0. The molecule has 8 heteroatoms. The number of piperazine rings is 1. The summed E-state index contributed by atoms with van der Waals surface area (Å²) >= 11 is 0. The fourth-order valence-electron chi connectivity index (χ4n) is 2.19. The van der Waals surface area contributed by atoms with Crippen LogP contribution in [0.25, 0.3) is 0 Å². The van der Waals surface area contributed by atoms with Crippen molar-refractivity contribution in [1.82, 2.24) is 20.9 Å². The molecule has 1 aliphatic heterocycles. The fraction of sp³-hybridized carbons (Fsp3) is 0.438. The molecule has 0 saturated carbocycles. The normalized spacial score (nSPS) is 13.9. The van der Waals surface area contributed by atoms with Crippen LogP contribution < -0.4 is 16.0 Å². The van der Waals surface area contributed by atoms with E-state index in [4.69, 9.17) is 4.74 Å². The monoisotopic (exact) mass is 334 g/mol. The Hall–Kier alpha value is -2.61. The Morgan fingerprint density at radius 2 is 1.75 bits per heavy atom. The van der Waals surface area contributed by atoms with E-state index in [0.29, 0.717) is 13.1 Å². The van der Waals surface area contributed by atoms with E-state index in [1.165, 1.54) is 0 Å². The van der Waals surface area contributed by atoms with Gasteiger partial charge in [-0.2, -0.15) is 0 Å². The van der Waals surface area contributed by atoms with Gasteiger partial charge in [-0.1, -0.05) is 30.3 Å². The van der Waals surface area contributed by atoms with Gasteiger partial charge in [-0.15, -0.1) is 0 Å². The lowest BCUT2D eigenvalue weighted by Gasteiger charge is -2.27. The lowest BCUT2D eigenvalue weighted by atomic mass is 10.2. The number of benzene rings is 1. The van der Waals surface area contributed by atoms with Crippen LogP contribution in [0.4, 0.5) is 4.79 Å². The van der Waals surface area contributed by atoms with Crippen molar-refractivity contribution in [2.45, 2.75) is 6.61 Å². The van der Waals surface area contributed by atoms with Crippen molar-refractivity contribution in [3.05, 3.63) is 35.9 Å². The maximum absolute atomic E-state index is 11.9. The van der Waals surface area contributed by atoms with Crippen molar-refractivity contribution < 1.29 is 19.1 Å². The Kier molecular flexibility index (Phi) is 7.03. The maximum Gasteiger partial charge on any atom is 0.407 e. The van der Waals surface area contributed by atoms with E-state index in [0.717, 1.165) is 18.7 Å². The minimum absolute atomic E-state index is 0.0699. The molecule has 0 atom stereocenters. The van der Waals surface area contributed by atoms with Crippen LogP contribution in [-0.2, 0) is 20.9 Å². The Morgan fingerprint density at radius 3 is 2.46 bits per heavy atom. The van der Waals surface area contributed by atoms with Gasteiger partial charge in [0.25, 0.3) is 0 Å². The van der Waals surface area contributed by atoms with Gasteiger partial charge in [0.2, 0.25) is 11.8 Å². The molecular formula is C16H22N4O4. The molecule has 0 spiro atoms. The summed E-state index contributed by atoms with van der Waals surface area (Å²) in [5.41, 5.74) is 0.860. The molecule has 1 fully saturated rings. The summed E-state index contributed by atoms with van der Waals surface area (Å²) in [5.74, 6) is -0.563. The minimum Gasteiger partial charge on any atom is -0.445 e. The largest absolute Gasteiger partial charge is 0.445 e. The van der Waals surface area contributed by atoms with Crippen LogP contribution in [0, 0.1) is 0 Å². The Labute approximate surface area is 140 Å². The summed E-state index contributed by atoms with van der Waals surface area (Å²) in [6.07, 6.45) is -0.678. The number of nitrogens with zero attached hydrogens (tertiary/aromatic N) is 1.